The first kappa shape index (κ1) is 15.8. The highest BCUT2D eigenvalue weighted by molar-refractivity contribution is 5.89. The highest BCUT2D eigenvalue weighted by Crippen LogP contribution is 2.48. The summed E-state index contributed by atoms with van der Waals surface area (Å²) in [6, 6.07) is 1.73. The maximum absolute atomic E-state index is 15.0. The van der Waals surface area contributed by atoms with Gasteiger partial charge in [-0.05, 0) is 55.7 Å². The van der Waals surface area contributed by atoms with Crippen molar-refractivity contribution in [3.8, 4) is 0 Å². The van der Waals surface area contributed by atoms with Crippen LogP contribution in [0, 0.1) is 12.7 Å². The van der Waals surface area contributed by atoms with Crippen molar-refractivity contribution in [1.82, 2.24) is 4.40 Å². The number of hydrogen-bond acceptors (Lipinski definition) is 4. The standard InChI is InChI=1S/C19H20FN3O3/c1-9-15-12(10-2-3-10)4-13(18(25)26)17(24)22(15)7-14(20)16(9)23-8-19(21)5-11(23)6-19/h4,7,10-11H,2-3,5-6,8,21H2,1H3,(H,25,26). The minimum Gasteiger partial charge on any atom is -0.477 e. The summed E-state index contributed by atoms with van der Waals surface area (Å²) in [6.07, 6.45) is 4.78. The Hall–Kier alpha value is -2.41. The van der Waals surface area contributed by atoms with Crippen molar-refractivity contribution in [1.29, 1.82) is 0 Å². The Morgan fingerprint density at radius 3 is 2.62 bits per heavy atom. The van der Waals surface area contributed by atoms with Gasteiger partial charge in [0.15, 0.2) is 5.82 Å². The van der Waals surface area contributed by atoms with Crippen LogP contribution < -0.4 is 16.2 Å². The lowest BCUT2D eigenvalue weighted by molar-refractivity contribution is 0.0694. The van der Waals surface area contributed by atoms with Crippen LogP contribution in [0.5, 0.6) is 0 Å². The summed E-state index contributed by atoms with van der Waals surface area (Å²) in [5.74, 6) is -1.55. The monoisotopic (exact) mass is 357 g/mol. The Kier molecular flexibility index (Phi) is 2.95. The summed E-state index contributed by atoms with van der Waals surface area (Å²) in [6.45, 7) is 2.43. The Labute approximate surface area is 149 Å². The molecule has 3 N–H and O–H groups in total. The fraction of sp³-hybridized carbons (Fsp3) is 0.474. The second kappa shape index (κ2) is 4.85. The largest absolute Gasteiger partial charge is 0.477 e. The number of hydrogen-bond donors (Lipinski definition) is 2. The van der Waals surface area contributed by atoms with Crippen molar-refractivity contribution in [2.45, 2.75) is 50.1 Å². The van der Waals surface area contributed by atoms with Crippen LogP contribution in [0.2, 0.25) is 0 Å². The van der Waals surface area contributed by atoms with Crippen LogP contribution in [0.1, 0.15) is 53.1 Å². The number of pyridine rings is 2. The van der Waals surface area contributed by atoms with Crippen LogP contribution in [0.25, 0.3) is 5.52 Å². The summed E-state index contributed by atoms with van der Waals surface area (Å²) in [5, 5.41) is 9.36. The lowest BCUT2D eigenvalue weighted by Crippen LogP contribution is -2.48. The molecule has 6 nitrogen and oxygen atoms in total. The molecular weight excluding hydrogens is 337 g/mol. The van der Waals surface area contributed by atoms with Gasteiger partial charge in [0.25, 0.3) is 5.56 Å². The van der Waals surface area contributed by atoms with E-state index in [9.17, 15) is 14.7 Å². The minimum atomic E-state index is -1.28. The molecular formula is C19H20FN3O3. The third-order valence-electron chi connectivity index (χ3n) is 6.19. The lowest BCUT2D eigenvalue weighted by atomic mass is 9.79. The van der Waals surface area contributed by atoms with Crippen molar-refractivity contribution >= 4 is 17.2 Å². The van der Waals surface area contributed by atoms with Crippen LogP contribution >= 0.6 is 0 Å². The lowest BCUT2D eigenvalue weighted by Gasteiger charge is -2.33. The van der Waals surface area contributed by atoms with E-state index < -0.39 is 17.3 Å². The molecule has 0 radical (unpaired) electrons. The number of carboxylic acids is 1. The Bertz CT molecular complexity index is 1030. The normalized spacial score (nSPS) is 27.0. The second-order valence-corrected chi connectivity index (χ2v) is 8.12. The molecule has 2 aromatic rings. The van der Waals surface area contributed by atoms with Crippen molar-refractivity contribution in [2.75, 3.05) is 11.4 Å². The van der Waals surface area contributed by atoms with E-state index in [0.717, 1.165) is 37.4 Å². The highest BCUT2D eigenvalue weighted by Gasteiger charge is 2.53. The van der Waals surface area contributed by atoms with Gasteiger partial charge in [-0.15, -0.1) is 0 Å². The van der Waals surface area contributed by atoms with Crippen molar-refractivity contribution < 1.29 is 14.3 Å². The van der Waals surface area contributed by atoms with Gasteiger partial charge in [0.1, 0.15) is 5.56 Å². The van der Waals surface area contributed by atoms with E-state index in [4.69, 9.17) is 5.73 Å². The molecule has 4 heterocycles. The molecule has 6 rings (SSSR count). The molecule has 2 aromatic heterocycles. The van der Waals surface area contributed by atoms with Crippen LogP contribution in [0.4, 0.5) is 10.1 Å². The number of fused-ring (bicyclic) bond motifs is 2. The van der Waals surface area contributed by atoms with Gasteiger partial charge in [0, 0.05) is 18.1 Å². The predicted octanol–water partition coefficient (Wildman–Crippen LogP) is 2.00. The van der Waals surface area contributed by atoms with Gasteiger partial charge in [-0.25, -0.2) is 9.18 Å². The number of nitrogens with two attached hydrogens (primary N) is 1. The van der Waals surface area contributed by atoms with E-state index in [-0.39, 0.29) is 23.1 Å². The number of aryl methyl sites for hydroxylation is 1. The summed E-state index contributed by atoms with van der Waals surface area (Å²) < 4.78 is 16.2. The minimum absolute atomic E-state index is 0.230. The van der Waals surface area contributed by atoms with E-state index in [0.29, 0.717) is 23.3 Å². The molecule has 2 saturated heterocycles. The molecule has 136 valence electrons. The van der Waals surface area contributed by atoms with Gasteiger partial charge in [-0.1, -0.05) is 0 Å². The Morgan fingerprint density at radius 2 is 2.08 bits per heavy atom. The fourth-order valence-electron chi connectivity index (χ4n) is 4.81. The average Bonchev–Trinajstić information content (AvgIpc) is 3.26. The molecule has 2 saturated carbocycles. The van der Waals surface area contributed by atoms with Gasteiger partial charge in [-0.3, -0.25) is 9.20 Å². The number of rotatable bonds is 3. The van der Waals surface area contributed by atoms with Gasteiger partial charge in [0.05, 0.1) is 17.4 Å². The Balaban J connectivity index is 1.80. The predicted molar refractivity (Wildman–Crippen MR) is 94.6 cm³/mol. The molecule has 0 amide bonds. The SMILES string of the molecule is Cc1c(N2CC3(N)CC2C3)c(F)cn2c(=O)c(C(=O)O)cc(C3CC3)c12. The number of aromatic carboxylic acids is 1. The van der Waals surface area contributed by atoms with Crippen LogP contribution in [-0.4, -0.2) is 33.6 Å². The van der Waals surface area contributed by atoms with Crippen molar-refractivity contribution in [2.24, 2.45) is 5.73 Å². The smallest absolute Gasteiger partial charge is 0.341 e. The maximum Gasteiger partial charge on any atom is 0.341 e. The van der Waals surface area contributed by atoms with E-state index in [2.05, 4.69) is 0 Å². The molecule has 0 atom stereocenters. The molecule has 2 aliphatic heterocycles. The highest BCUT2D eigenvalue weighted by atomic mass is 19.1. The van der Waals surface area contributed by atoms with E-state index in [1.807, 2.05) is 11.8 Å². The van der Waals surface area contributed by atoms with E-state index >= 15 is 4.39 Å². The maximum atomic E-state index is 15.0. The molecule has 0 spiro atoms. The number of nitrogens with zero attached hydrogens (tertiary/aromatic N) is 2. The molecule has 4 aliphatic rings. The topological polar surface area (TPSA) is 88.0 Å². The molecule has 7 heteroatoms. The molecule has 2 aliphatic carbocycles. The second-order valence-electron chi connectivity index (χ2n) is 8.12. The summed E-state index contributed by atoms with van der Waals surface area (Å²) in [5.41, 5.74) is 7.71. The van der Waals surface area contributed by atoms with Gasteiger partial charge in [-0.2, -0.15) is 0 Å². The van der Waals surface area contributed by atoms with E-state index in [1.54, 1.807) is 0 Å². The number of anilines is 1. The first-order valence-corrected chi connectivity index (χ1v) is 8.96. The van der Waals surface area contributed by atoms with Crippen molar-refractivity contribution in [3.63, 3.8) is 0 Å². The van der Waals surface area contributed by atoms with E-state index in [1.165, 1.54) is 10.5 Å². The van der Waals surface area contributed by atoms with Gasteiger partial charge in [0.2, 0.25) is 0 Å². The molecule has 4 fully saturated rings. The summed E-state index contributed by atoms with van der Waals surface area (Å²) >= 11 is 0. The molecule has 2 bridgehead atoms. The molecule has 0 unspecified atom stereocenters. The Morgan fingerprint density at radius 1 is 1.38 bits per heavy atom. The third kappa shape index (κ3) is 2.00. The number of halogens is 1. The molecule has 26 heavy (non-hydrogen) atoms. The van der Waals surface area contributed by atoms with Crippen LogP contribution in [0.3, 0.4) is 0 Å². The zero-order valence-electron chi connectivity index (χ0n) is 14.5. The number of carbonyl (C=O) groups is 1. The zero-order valence-corrected chi connectivity index (χ0v) is 14.5. The quantitative estimate of drug-likeness (QED) is 0.877. The first-order chi connectivity index (χ1) is 12.3. The average molecular weight is 357 g/mol. The van der Waals surface area contributed by atoms with Gasteiger partial charge >= 0.3 is 5.97 Å². The first-order valence-electron chi connectivity index (χ1n) is 8.96. The molecule has 0 aromatic carbocycles. The summed E-state index contributed by atoms with van der Waals surface area (Å²) in [7, 11) is 0. The summed E-state index contributed by atoms with van der Waals surface area (Å²) in [4.78, 5) is 26.1. The fourth-order valence-corrected chi connectivity index (χ4v) is 4.81. The van der Waals surface area contributed by atoms with Crippen LogP contribution in [-0.2, 0) is 0 Å². The zero-order chi connectivity index (χ0) is 18.4. The van der Waals surface area contributed by atoms with Crippen LogP contribution in [0.15, 0.2) is 17.1 Å². The number of carboxylic acid groups (broad SMARTS) is 1. The van der Waals surface area contributed by atoms with Gasteiger partial charge < -0.3 is 15.7 Å². The third-order valence-corrected chi connectivity index (χ3v) is 6.19. The van der Waals surface area contributed by atoms with Crippen molar-refractivity contribution in [3.05, 3.63) is 45.1 Å². The number of aromatic nitrogens is 1.